The second-order valence-corrected chi connectivity index (χ2v) is 8.46. The maximum Gasteiger partial charge on any atom is 0.290 e. The van der Waals surface area contributed by atoms with Gasteiger partial charge in [-0.05, 0) is 35.4 Å². The van der Waals surface area contributed by atoms with Crippen LogP contribution in [0.3, 0.4) is 0 Å². The molecule has 6 heteroatoms. The van der Waals surface area contributed by atoms with Crippen LogP contribution < -0.4 is 4.74 Å². The fourth-order valence-electron chi connectivity index (χ4n) is 4.45. The van der Waals surface area contributed by atoms with Crippen molar-refractivity contribution in [1.82, 2.24) is 9.80 Å². The van der Waals surface area contributed by atoms with Crippen LogP contribution in [0.2, 0.25) is 0 Å². The molecule has 1 atom stereocenters. The zero-order valence-corrected chi connectivity index (χ0v) is 19.0. The van der Waals surface area contributed by atoms with E-state index in [1.807, 2.05) is 83.8 Å². The number of nitrogens with zero attached hydrogens (tertiary/aromatic N) is 2. The molecule has 3 aromatic carbocycles. The number of carbonyl (C=O) groups is 2. The van der Waals surface area contributed by atoms with Gasteiger partial charge >= 0.3 is 0 Å². The van der Waals surface area contributed by atoms with E-state index in [0.29, 0.717) is 31.6 Å². The summed E-state index contributed by atoms with van der Waals surface area (Å²) in [5, 5.41) is 0.870. The van der Waals surface area contributed by atoms with Crippen LogP contribution in [0.4, 0.5) is 0 Å². The summed E-state index contributed by atoms with van der Waals surface area (Å²) in [7, 11) is 1.63. The molecule has 0 spiro atoms. The van der Waals surface area contributed by atoms with E-state index in [0.717, 1.165) is 22.3 Å². The van der Waals surface area contributed by atoms with Crippen molar-refractivity contribution in [1.29, 1.82) is 0 Å². The van der Waals surface area contributed by atoms with Crippen molar-refractivity contribution in [3.05, 3.63) is 102 Å². The number of piperazine rings is 1. The molecular formula is C28H26N2O4. The van der Waals surface area contributed by atoms with Crippen molar-refractivity contribution >= 4 is 22.8 Å². The highest BCUT2D eigenvalue weighted by molar-refractivity contribution is 5.99. The Labute approximate surface area is 198 Å². The normalized spacial score (nSPS) is 16.1. The molecule has 2 amide bonds. The van der Waals surface area contributed by atoms with Crippen molar-refractivity contribution in [3.8, 4) is 5.75 Å². The Morgan fingerprint density at radius 2 is 1.68 bits per heavy atom. The first-order chi connectivity index (χ1) is 16.6. The Morgan fingerprint density at radius 3 is 2.41 bits per heavy atom. The number of amides is 2. The second kappa shape index (κ2) is 9.43. The number of hydrogen-bond acceptors (Lipinski definition) is 4. The van der Waals surface area contributed by atoms with Gasteiger partial charge in [0, 0.05) is 31.4 Å². The van der Waals surface area contributed by atoms with E-state index < -0.39 is 6.04 Å². The highest BCUT2D eigenvalue weighted by Gasteiger charge is 2.38. The van der Waals surface area contributed by atoms with Crippen LogP contribution in [0.1, 0.15) is 21.7 Å². The number of para-hydroxylation sites is 1. The summed E-state index contributed by atoms with van der Waals surface area (Å²) in [4.78, 5) is 30.6. The predicted octanol–water partition coefficient (Wildman–Crippen LogP) is 4.54. The molecule has 1 saturated heterocycles. The number of carbonyl (C=O) groups excluding carboxylic acids is 2. The number of hydrogen-bond donors (Lipinski definition) is 0. The van der Waals surface area contributed by atoms with Crippen LogP contribution in [0.5, 0.6) is 5.75 Å². The maximum atomic E-state index is 13.7. The van der Waals surface area contributed by atoms with E-state index in [1.165, 1.54) is 0 Å². The molecule has 0 unspecified atom stereocenters. The van der Waals surface area contributed by atoms with Crippen LogP contribution >= 0.6 is 0 Å². The summed E-state index contributed by atoms with van der Waals surface area (Å²) < 4.78 is 11.1. The van der Waals surface area contributed by atoms with Crippen molar-refractivity contribution in [3.63, 3.8) is 0 Å². The van der Waals surface area contributed by atoms with Crippen molar-refractivity contribution in [2.45, 2.75) is 19.0 Å². The SMILES string of the molecule is COc1ccc(CN2CCN(C(=O)c3cc4ccccc4o3)[C@@H](Cc3ccccc3)C2=O)cc1. The quantitative estimate of drug-likeness (QED) is 0.429. The molecule has 1 fully saturated rings. The summed E-state index contributed by atoms with van der Waals surface area (Å²) in [6.07, 6.45) is 0.449. The number of furan rings is 1. The lowest BCUT2D eigenvalue weighted by Crippen LogP contribution is -2.59. The van der Waals surface area contributed by atoms with E-state index in [1.54, 1.807) is 18.1 Å². The third kappa shape index (κ3) is 4.39. The number of rotatable bonds is 6. The van der Waals surface area contributed by atoms with E-state index in [-0.39, 0.29) is 17.6 Å². The molecule has 1 aromatic heterocycles. The van der Waals surface area contributed by atoms with Gasteiger partial charge in [0.05, 0.1) is 7.11 Å². The maximum absolute atomic E-state index is 13.7. The summed E-state index contributed by atoms with van der Waals surface area (Å²) >= 11 is 0. The molecule has 4 aromatic rings. The molecule has 0 aliphatic carbocycles. The van der Waals surface area contributed by atoms with Gasteiger partial charge in [-0.1, -0.05) is 60.7 Å². The van der Waals surface area contributed by atoms with E-state index in [9.17, 15) is 9.59 Å². The molecule has 0 bridgehead atoms. The number of fused-ring (bicyclic) bond motifs is 1. The van der Waals surface area contributed by atoms with E-state index >= 15 is 0 Å². The molecule has 1 aliphatic rings. The van der Waals surface area contributed by atoms with Gasteiger partial charge in [-0.15, -0.1) is 0 Å². The Hall–Kier alpha value is -4.06. The van der Waals surface area contributed by atoms with E-state index in [2.05, 4.69) is 0 Å². The van der Waals surface area contributed by atoms with Crippen molar-refractivity contribution in [2.75, 3.05) is 20.2 Å². The lowest BCUT2D eigenvalue weighted by molar-refractivity contribution is -0.140. The zero-order valence-electron chi connectivity index (χ0n) is 19.0. The zero-order chi connectivity index (χ0) is 23.5. The van der Waals surface area contributed by atoms with Crippen molar-refractivity contribution in [2.24, 2.45) is 0 Å². The van der Waals surface area contributed by atoms with Gasteiger partial charge in [-0.2, -0.15) is 0 Å². The van der Waals surface area contributed by atoms with E-state index in [4.69, 9.17) is 9.15 Å². The van der Waals surface area contributed by atoms with Crippen LogP contribution in [0.15, 0.2) is 89.3 Å². The number of benzene rings is 3. The molecular weight excluding hydrogens is 428 g/mol. The summed E-state index contributed by atoms with van der Waals surface area (Å²) in [5.74, 6) is 0.721. The third-order valence-corrected chi connectivity index (χ3v) is 6.29. The minimum atomic E-state index is -0.602. The average Bonchev–Trinajstić information content (AvgIpc) is 3.32. The second-order valence-electron chi connectivity index (χ2n) is 8.46. The molecule has 6 nitrogen and oxygen atoms in total. The molecule has 172 valence electrons. The highest BCUT2D eigenvalue weighted by Crippen LogP contribution is 2.25. The predicted molar refractivity (Wildman–Crippen MR) is 130 cm³/mol. The van der Waals surface area contributed by atoms with Gasteiger partial charge in [0.25, 0.3) is 5.91 Å². The van der Waals surface area contributed by atoms with Gasteiger partial charge in [0.15, 0.2) is 5.76 Å². The highest BCUT2D eigenvalue weighted by atomic mass is 16.5. The first-order valence-corrected chi connectivity index (χ1v) is 11.4. The minimum Gasteiger partial charge on any atom is -0.497 e. The third-order valence-electron chi connectivity index (χ3n) is 6.29. The Bertz CT molecular complexity index is 1260. The summed E-state index contributed by atoms with van der Waals surface area (Å²) in [6, 6.07) is 26.2. The monoisotopic (exact) mass is 454 g/mol. The summed E-state index contributed by atoms with van der Waals surface area (Å²) in [6.45, 7) is 1.39. The van der Waals surface area contributed by atoms with Gasteiger partial charge < -0.3 is 19.0 Å². The molecule has 1 aliphatic heterocycles. The molecule has 0 N–H and O–H groups in total. The van der Waals surface area contributed by atoms with Crippen molar-refractivity contribution < 1.29 is 18.7 Å². The molecule has 0 radical (unpaired) electrons. The van der Waals surface area contributed by atoms with Gasteiger partial charge in [-0.3, -0.25) is 9.59 Å². The minimum absolute atomic E-state index is 0.0598. The topological polar surface area (TPSA) is 63.0 Å². The Morgan fingerprint density at radius 1 is 0.941 bits per heavy atom. The Kier molecular flexibility index (Phi) is 6.04. The van der Waals surface area contributed by atoms with Gasteiger partial charge in [0.2, 0.25) is 5.91 Å². The van der Waals surface area contributed by atoms with Gasteiger partial charge in [0.1, 0.15) is 17.4 Å². The standard InChI is InChI=1S/C28H26N2O4/c1-33-23-13-11-21(12-14-23)19-29-15-16-30(24(27(29)31)17-20-7-3-2-4-8-20)28(32)26-18-22-9-5-6-10-25(22)34-26/h2-14,18,24H,15-17,19H2,1H3/t24-/m0/s1. The largest absolute Gasteiger partial charge is 0.497 e. The number of ether oxygens (including phenoxy) is 1. The lowest BCUT2D eigenvalue weighted by Gasteiger charge is -2.40. The van der Waals surface area contributed by atoms with Gasteiger partial charge in [-0.25, -0.2) is 0 Å². The smallest absolute Gasteiger partial charge is 0.290 e. The van der Waals surface area contributed by atoms with Crippen LogP contribution in [-0.4, -0.2) is 47.9 Å². The average molecular weight is 455 g/mol. The molecule has 0 saturated carbocycles. The fraction of sp³-hybridized carbons (Fsp3) is 0.214. The first kappa shape index (κ1) is 21.8. The van der Waals surface area contributed by atoms with Crippen LogP contribution in [-0.2, 0) is 17.8 Å². The lowest BCUT2D eigenvalue weighted by atomic mass is 10.00. The molecule has 2 heterocycles. The van der Waals surface area contributed by atoms with Crippen LogP contribution in [0.25, 0.3) is 11.0 Å². The molecule has 5 rings (SSSR count). The first-order valence-electron chi connectivity index (χ1n) is 11.4. The number of methoxy groups -OCH3 is 1. The van der Waals surface area contributed by atoms with Crippen LogP contribution in [0, 0.1) is 0 Å². The fourth-order valence-corrected chi connectivity index (χ4v) is 4.45. The molecule has 34 heavy (non-hydrogen) atoms. The summed E-state index contributed by atoms with van der Waals surface area (Å²) in [5.41, 5.74) is 2.69. The Balaban J connectivity index is 1.41.